The van der Waals surface area contributed by atoms with Crippen LogP contribution in [0.5, 0.6) is 5.75 Å². The summed E-state index contributed by atoms with van der Waals surface area (Å²) >= 11 is 0. The van der Waals surface area contributed by atoms with Crippen molar-refractivity contribution in [2.75, 3.05) is 19.7 Å². The average Bonchev–Trinajstić information content (AvgIpc) is 3.03. The quantitative estimate of drug-likeness (QED) is 0.902. The highest BCUT2D eigenvalue weighted by Crippen LogP contribution is 2.44. The topological polar surface area (TPSA) is 49.8 Å². The number of carbonyl (C=O) groups is 1. The fourth-order valence-electron chi connectivity index (χ4n) is 4.43. The van der Waals surface area contributed by atoms with E-state index in [1.807, 2.05) is 36.1 Å². The van der Waals surface area contributed by atoms with Crippen LogP contribution < -0.4 is 4.74 Å². The summed E-state index contributed by atoms with van der Waals surface area (Å²) in [6, 6.07) is 7.78. The molecule has 1 amide bonds. The fourth-order valence-corrected chi connectivity index (χ4v) is 4.43. The molecule has 4 heteroatoms. The smallest absolute Gasteiger partial charge is 0.227 e. The Balaban J connectivity index is 1.62. The van der Waals surface area contributed by atoms with Crippen molar-refractivity contribution < 1.29 is 14.6 Å². The van der Waals surface area contributed by atoms with Gasteiger partial charge in [-0.05, 0) is 49.8 Å². The highest BCUT2D eigenvalue weighted by atomic mass is 16.5. The molecule has 4 nitrogen and oxygen atoms in total. The Labute approximate surface area is 144 Å². The first-order chi connectivity index (χ1) is 11.6. The molecule has 1 saturated carbocycles. The number of carbonyl (C=O) groups excluding carboxylic acids is 1. The summed E-state index contributed by atoms with van der Waals surface area (Å²) in [5.41, 5.74) is 0.445. The summed E-state index contributed by atoms with van der Waals surface area (Å²) in [5, 5.41) is 10.9. The molecule has 0 radical (unpaired) electrons. The first kappa shape index (κ1) is 17.3. The lowest BCUT2D eigenvalue weighted by molar-refractivity contribution is -0.130. The van der Waals surface area contributed by atoms with Crippen molar-refractivity contribution in [3.63, 3.8) is 0 Å². The molecule has 1 aliphatic carbocycles. The molecular formula is C20H29NO3. The second kappa shape index (κ2) is 7.14. The van der Waals surface area contributed by atoms with Crippen molar-refractivity contribution in [3.8, 4) is 5.75 Å². The number of benzene rings is 1. The van der Waals surface area contributed by atoms with Gasteiger partial charge >= 0.3 is 0 Å². The number of hydrogen-bond donors (Lipinski definition) is 1. The third-order valence-electron chi connectivity index (χ3n) is 5.87. The summed E-state index contributed by atoms with van der Waals surface area (Å²) in [4.78, 5) is 14.7. The van der Waals surface area contributed by atoms with Crippen LogP contribution in [0.15, 0.2) is 24.3 Å². The van der Waals surface area contributed by atoms with Gasteiger partial charge in [0.25, 0.3) is 0 Å². The average molecular weight is 331 g/mol. The Morgan fingerprint density at radius 3 is 2.71 bits per heavy atom. The van der Waals surface area contributed by atoms with E-state index in [1.165, 1.54) is 0 Å². The molecule has 1 heterocycles. The maximum Gasteiger partial charge on any atom is 0.227 e. The van der Waals surface area contributed by atoms with E-state index < -0.39 is 5.60 Å². The minimum atomic E-state index is -0.572. The van der Waals surface area contributed by atoms with Crippen molar-refractivity contribution in [1.82, 2.24) is 4.90 Å². The van der Waals surface area contributed by atoms with E-state index in [0.29, 0.717) is 25.5 Å². The van der Waals surface area contributed by atoms with Gasteiger partial charge in [-0.25, -0.2) is 0 Å². The van der Waals surface area contributed by atoms with Gasteiger partial charge in [-0.15, -0.1) is 0 Å². The van der Waals surface area contributed by atoms with E-state index >= 15 is 0 Å². The van der Waals surface area contributed by atoms with Gasteiger partial charge < -0.3 is 14.7 Å². The lowest BCUT2D eigenvalue weighted by atomic mass is 9.69. The molecule has 0 bridgehead atoms. The monoisotopic (exact) mass is 331 g/mol. The summed E-state index contributed by atoms with van der Waals surface area (Å²) < 4.78 is 5.44. The molecular weight excluding hydrogens is 302 g/mol. The molecule has 0 unspecified atom stereocenters. The van der Waals surface area contributed by atoms with E-state index in [-0.39, 0.29) is 11.8 Å². The number of fused-ring (bicyclic) bond motifs is 1. The molecule has 1 aromatic carbocycles. The first-order valence-electron chi connectivity index (χ1n) is 9.27. The predicted molar refractivity (Wildman–Crippen MR) is 94.0 cm³/mol. The number of amides is 1. The number of aliphatic hydroxyl groups is 1. The molecule has 2 fully saturated rings. The van der Waals surface area contributed by atoms with Crippen LogP contribution in [0.3, 0.4) is 0 Å². The van der Waals surface area contributed by atoms with Gasteiger partial charge in [0.1, 0.15) is 5.75 Å². The zero-order valence-corrected chi connectivity index (χ0v) is 14.8. The second-order valence-electron chi connectivity index (χ2n) is 7.27. The van der Waals surface area contributed by atoms with E-state index in [2.05, 4.69) is 6.92 Å². The number of rotatable bonds is 5. The highest BCUT2D eigenvalue weighted by molar-refractivity contribution is 5.79. The van der Waals surface area contributed by atoms with Crippen LogP contribution in [0.25, 0.3) is 0 Å². The number of ether oxygens (including phenoxy) is 1. The largest absolute Gasteiger partial charge is 0.494 e. The second-order valence-corrected chi connectivity index (χ2v) is 7.27. The normalized spacial score (nSPS) is 29.4. The highest BCUT2D eigenvalue weighted by Gasteiger charge is 2.48. The summed E-state index contributed by atoms with van der Waals surface area (Å²) in [5.74, 6) is 1.73. The molecule has 0 aromatic heterocycles. The minimum absolute atomic E-state index is 0.173. The molecule has 3 atom stereocenters. The number of hydrogen-bond acceptors (Lipinski definition) is 3. The zero-order valence-electron chi connectivity index (χ0n) is 14.8. The third-order valence-corrected chi connectivity index (χ3v) is 5.87. The maximum atomic E-state index is 12.7. The van der Waals surface area contributed by atoms with Gasteiger partial charge in [-0.1, -0.05) is 25.5 Å². The van der Waals surface area contributed by atoms with Gasteiger partial charge in [0.2, 0.25) is 5.91 Å². The molecule has 0 spiro atoms. The third kappa shape index (κ3) is 3.44. The van der Waals surface area contributed by atoms with E-state index in [1.54, 1.807) is 0 Å². The van der Waals surface area contributed by atoms with Gasteiger partial charge in [0.05, 0.1) is 18.6 Å². The van der Waals surface area contributed by atoms with Crippen molar-refractivity contribution in [2.24, 2.45) is 11.8 Å². The number of likely N-dealkylation sites (tertiary alicyclic amines) is 1. The van der Waals surface area contributed by atoms with Crippen LogP contribution in [0.1, 0.15) is 45.1 Å². The number of nitrogens with zero attached hydrogens (tertiary/aromatic N) is 1. The molecule has 132 valence electrons. The van der Waals surface area contributed by atoms with E-state index in [9.17, 15) is 9.90 Å². The van der Waals surface area contributed by atoms with Crippen LogP contribution in [0.4, 0.5) is 0 Å². The Morgan fingerprint density at radius 2 is 2.04 bits per heavy atom. The van der Waals surface area contributed by atoms with Crippen LogP contribution in [0.2, 0.25) is 0 Å². The van der Waals surface area contributed by atoms with Gasteiger partial charge in [-0.2, -0.15) is 0 Å². The van der Waals surface area contributed by atoms with Crippen molar-refractivity contribution >= 4 is 5.91 Å². The Hall–Kier alpha value is -1.55. The minimum Gasteiger partial charge on any atom is -0.494 e. The van der Waals surface area contributed by atoms with Crippen molar-refractivity contribution in [2.45, 2.75) is 51.6 Å². The molecule has 2 aliphatic rings. The summed E-state index contributed by atoms with van der Waals surface area (Å²) in [7, 11) is 0. The van der Waals surface area contributed by atoms with Gasteiger partial charge in [0.15, 0.2) is 0 Å². The lowest BCUT2D eigenvalue weighted by Crippen LogP contribution is -2.44. The van der Waals surface area contributed by atoms with Crippen molar-refractivity contribution in [1.29, 1.82) is 0 Å². The maximum absolute atomic E-state index is 12.7. The fraction of sp³-hybridized carbons (Fsp3) is 0.650. The van der Waals surface area contributed by atoms with E-state index in [4.69, 9.17) is 4.74 Å². The Morgan fingerprint density at radius 1 is 1.29 bits per heavy atom. The summed E-state index contributed by atoms with van der Waals surface area (Å²) in [6.45, 7) is 6.19. The lowest BCUT2D eigenvalue weighted by Gasteiger charge is -2.40. The summed E-state index contributed by atoms with van der Waals surface area (Å²) in [6.07, 6.45) is 4.31. The van der Waals surface area contributed by atoms with E-state index in [0.717, 1.165) is 43.5 Å². The van der Waals surface area contributed by atoms with Crippen LogP contribution in [0, 0.1) is 11.8 Å². The zero-order chi connectivity index (χ0) is 17.2. The van der Waals surface area contributed by atoms with Crippen LogP contribution in [-0.4, -0.2) is 41.2 Å². The molecule has 1 aromatic rings. The molecule has 3 rings (SSSR count). The first-order valence-corrected chi connectivity index (χ1v) is 9.27. The molecule has 1 N–H and O–H groups in total. The molecule has 1 aliphatic heterocycles. The molecule has 24 heavy (non-hydrogen) atoms. The Kier molecular flexibility index (Phi) is 5.14. The standard InChI is InChI=1S/C20H29NO3/c1-3-20(23)11-5-6-16-13-21(14-18(16)20)19(22)12-15-7-9-17(10-8-15)24-4-2/h7-10,16,18,23H,3-6,11-14H2,1-2H3/t16-,18+,20-/m1/s1. The van der Waals surface area contributed by atoms with Crippen LogP contribution >= 0.6 is 0 Å². The van der Waals surface area contributed by atoms with Gasteiger partial charge in [-0.3, -0.25) is 4.79 Å². The van der Waals surface area contributed by atoms with Crippen LogP contribution in [-0.2, 0) is 11.2 Å². The molecule has 1 saturated heterocycles. The van der Waals surface area contributed by atoms with Crippen molar-refractivity contribution in [3.05, 3.63) is 29.8 Å². The SMILES string of the molecule is CCOc1ccc(CC(=O)N2C[C@H]3CCC[C@](O)(CC)[C@H]3C2)cc1. The van der Waals surface area contributed by atoms with Gasteiger partial charge in [0, 0.05) is 19.0 Å². The predicted octanol–water partition coefficient (Wildman–Crippen LogP) is 3.03. The Bertz CT molecular complexity index is 571.